The van der Waals surface area contributed by atoms with Crippen LogP contribution in [0.3, 0.4) is 0 Å². The standard InChI is InChI=1S/C26H20N2O.C24H18N2.CH4.H2O/c1-19(29)27-25-15-9-8-14-23(25)24-18-22(16-17-26(24)27)28(20-10-4-2-5-11-20)21-12-6-3-7-13-21;1-3-9-18(10-4-1)26(19-11-5-2-6-12-19)20-15-16-24-22(17-20)21-13-7-8-14-23(21)25-24;;/h2-18H,1H3;1-17,25H;1H4;1H2. The van der Waals surface area contributed by atoms with E-state index in [0.717, 1.165) is 61.4 Å². The Hall–Kier alpha value is -7.41. The van der Waals surface area contributed by atoms with E-state index in [0.29, 0.717) is 0 Å². The van der Waals surface area contributed by atoms with Gasteiger partial charge >= 0.3 is 0 Å². The number of hydrogen-bond acceptors (Lipinski definition) is 3. The molecule has 0 saturated heterocycles. The molecule has 0 atom stereocenters. The number of fused-ring (bicyclic) bond motifs is 6. The first-order chi connectivity index (χ1) is 27.1. The number of H-pyrrole nitrogens is 1. The Balaban J connectivity index is 0.000000169. The van der Waals surface area contributed by atoms with E-state index in [1.165, 1.54) is 16.3 Å². The highest BCUT2D eigenvalue weighted by Gasteiger charge is 2.18. The molecule has 0 spiro atoms. The van der Waals surface area contributed by atoms with Crippen LogP contribution in [0.2, 0.25) is 0 Å². The summed E-state index contributed by atoms with van der Waals surface area (Å²) in [6.07, 6.45) is 0. The van der Waals surface area contributed by atoms with E-state index in [4.69, 9.17) is 0 Å². The number of nitrogens with zero attached hydrogens (tertiary/aromatic N) is 3. The number of rotatable bonds is 6. The maximum Gasteiger partial charge on any atom is 0.228 e. The molecule has 0 saturated carbocycles. The summed E-state index contributed by atoms with van der Waals surface area (Å²) in [6, 6.07) is 71.1. The number of aromatic nitrogens is 2. The molecule has 2 aromatic heterocycles. The largest absolute Gasteiger partial charge is 0.412 e. The molecule has 3 N–H and O–H groups in total. The Morgan fingerprint density at radius 1 is 0.404 bits per heavy atom. The summed E-state index contributed by atoms with van der Waals surface area (Å²) >= 11 is 0. The number of carbonyl (C=O) groups is 1. The predicted octanol–water partition coefficient (Wildman–Crippen LogP) is 13.5. The topological polar surface area (TPSA) is 75.8 Å². The van der Waals surface area contributed by atoms with Gasteiger partial charge in [0.15, 0.2) is 0 Å². The van der Waals surface area contributed by atoms with Crippen molar-refractivity contribution in [1.29, 1.82) is 0 Å². The van der Waals surface area contributed by atoms with E-state index >= 15 is 0 Å². The van der Waals surface area contributed by atoms with Crippen LogP contribution >= 0.6 is 0 Å². The Morgan fingerprint density at radius 2 is 0.789 bits per heavy atom. The smallest absolute Gasteiger partial charge is 0.228 e. The Kier molecular flexibility index (Phi) is 11.0. The minimum atomic E-state index is 0. The second-order valence-electron chi connectivity index (χ2n) is 13.5. The first-order valence-corrected chi connectivity index (χ1v) is 18.5. The first kappa shape index (κ1) is 37.9. The number of anilines is 6. The lowest BCUT2D eigenvalue weighted by Gasteiger charge is -2.25. The van der Waals surface area contributed by atoms with Crippen LogP contribution < -0.4 is 9.80 Å². The van der Waals surface area contributed by atoms with Crippen LogP contribution in [0.5, 0.6) is 0 Å². The summed E-state index contributed by atoms with van der Waals surface area (Å²) in [5, 5.41) is 4.66. The van der Waals surface area contributed by atoms with E-state index in [1.807, 2.05) is 60.7 Å². The molecule has 0 bridgehead atoms. The third-order valence-corrected chi connectivity index (χ3v) is 10.0. The average molecular weight is 745 g/mol. The molecule has 8 aromatic carbocycles. The van der Waals surface area contributed by atoms with Crippen LogP contribution in [0.1, 0.15) is 19.1 Å². The van der Waals surface area contributed by atoms with Crippen molar-refractivity contribution >= 4 is 83.6 Å². The van der Waals surface area contributed by atoms with E-state index in [1.54, 1.807) is 11.5 Å². The number of benzene rings is 8. The monoisotopic (exact) mass is 744 g/mol. The van der Waals surface area contributed by atoms with Gasteiger partial charge in [-0.25, -0.2) is 0 Å². The lowest BCUT2D eigenvalue weighted by molar-refractivity contribution is 0.0946. The van der Waals surface area contributed by atoms with Gasteiger partial charge in [-0.05, 0) is 97.1 Å². The van der Waals surface area contributed by atoms with E-state index < -0.39 is 0 Å². The van der Waals surface area contributed by atoms with E-state index in [2.05, 4.69) is 160 Å². The van der Waals surface area contributed by atoms with Gasteiger partial charge in [-0.3, -0.25) is 9.36 Å². The summed E-state index contributed by atoms with van der Waals surface area (Å²) in [4.78, 5) is 20.4. The molecule has 6 nitrogen and oxygen atoms in total. The van der Waals surface area contributed by atoms with Gasteiger partial charge < -0.3 is 20.3 Å². The highest BCUT2D eigenvalue weighted by atomic mass is 16.1. The van der Waals surface area contributed by atoms with Gasteiger partial charge in [-0.2, -0.15) is 0 Å². The fourth-order valence-electron chi connectivity index (χ4n) is 7.62. The molecular formula is C51H44N4O2. The predicted molar refractivity (Wildman–Crippen MR) is 241 cm³/mol. The van der Waals surface area contributed by atoms with Crippen molar-refractivity contribution in [3.63, 3.8) is 0 Å². The molecule has 0 amide bonds. The highest BCUT2D eigenvalue weighted by Crippen LogP contribution is 2.39. The quantitative estimate of drug-likeness (QED) is 0.184. The molecule has 0 aliphatic rings. The van der Waals surface area contributed by atoms with Crippen LogP contribution in [-0.4, -0.2) is 20.9 Å². The molecule has 57 heavy (non-hydrogen) atoms. The van der Waals surface area contributed by atoms with Crippen molar-refractivity contribution in [1.82, 2.24) is 9.55 Å². The zero-order chi connectivity index (χ0) is 37.1. The molecular weight excluding hydrogens is 701 g/mol. The molecule has 10 rings (SSSR count). The third kappa shape index (κ3) is 7.25. The lowest BCUT2D eigenvalue weighted by atomic mass is 10.1. The summed E-state index contributed by atoms with van der Waals surface area (Å²) in [5.74, 6) is 0.0203. The van der Waals surface area contributed by atoms with Crippen LogP contribution in [-0.2, 0) is 0 Å². The summed E-state index contributed by atoms with van der Waals surface area (Å²) in [6.45, 7) is 1.61. The minimum Gasteiger partial charge on any atom is -0.412 e. The maximum atomic E-state index is 12.3. The van der Waals surface area contributed by atoms with Crippen LogP contribution in [0.25, 0.3) is 43.6 Å². The van der Waals surface area contributed by atoms with Crippen molar-refractivity contribution in [2.24, 2.45) is 0 Å². The van der Waals surface area contributed by atoms with Gasteiger partial charge in [0.25, 0.3) is 0 Å². The van der Waals surface area contributed by atoms with Crippen molar-refractivity contribution in [2.75, 3.05) is 9.80 Å². The van der Waals surface area contributed by atoms with Crippen molar-refractivity contribution in [3.8, 4) is 0 Å². The summed E-state index contributed by atoms with van der Waals surface area (Å²) in [7, 11) is 0. The van der Waals surface area contributed by atoms with Gasteiger partial charge in [-0.1, -0.05) is 117 Å². The molecule has 0 unspecified atom stereocenters. The fourth-order valence-corrected chi connectivity index (χ4v) is 7.62. The highest BCUT2D eigenvalue weighted by molar-refractivity contribution is 6.14. The number of carbonyl (C=O) groups excluding carboxylic acids is 1. The number of aromatic amines is 1. The third-order valence-electron chi connectivity index (χ3n) is 10.0. The van der Waals surface area contributed by atoms with Crippen LogP contribution in [0.15, 0.2) is 206 Å². The first-order valence-electron chi connectivity index (χ1n) is 18.5. The summed E-state index contributed by atoms with van der Waals surface area (Å²) < 4.78 is 1.80. The summed E-state index contributed by atoms with van der Waals surface area (Å²) in [5.41, 5.74) is 10.9. The minimum absolute atomic E-state index is 0. The Bertz CT molecular complexity index is 2830. The Morgan fingerprint density at radius 3 is 1.30 bits per heavy atom. The molecule has 6 heteroatoms. The van der Waals surface area contributed by atoms with E-state index in [9.17, 15) is 4.79 Å². The van der Waals surface area contributed by atoms with Crippen LogP contribution in [0, 0.1) is 0 Å². The SMILES string of the molecule is C.CC(=O)n1c2ccccc2c2cc(N(c3ccccc3)c3ccccc3)ccc21.O.c1ccc(N(c2ccccc2)c2ccc3[nH]c4ccccc4c3c2)cc1. The molecule has 0 aliphatic heterocycles. The number of nitrogens with one attached hydrogen (secondary N) is 1. The molecule has 10 aromatic rings. The second kappa shape index (κ2) is 16.5. The van der Waals surface area contributed by atoms with Crippen molar-refractivity contribution < 1.29 is 10.3 Å². The van der Waals surface area contributed by atoms with Gasteiger partial charge in [0, 0.05) is 73.6 Å². The maximum absolute atomic E-state index is 12.3. The molecule has 280 valence electrons. The van der Waals surface area contributed by atoms with E-state index in [-0.39, 0.29) is 18.8 Å². The molecule has 0 fully saturated rings. The zero-order valence-corrected chi connectivity index (χ0v) is 30.9. The van der Waals surface area contributed by atoms with Crippen LogP contribution in [0.4, 0.5) is 34.1 Å². The zero-order valence-electron chi connectivity index (χ0n) is 30.9. The molecule has 0 aliphatic carbocycles. The van der Waals surface area contributed by atoms with Gasteiger partial charge in [0.05, 0.1) is 11.0 Å². The lowest BCUT2D eigenvalue weighted by Crippen LogP contribution is -2.09. The number of para-hydroxylation sites is 6. The molecule has 0 radical (unpaired) electrons. The van der Waals surface area contributed by atoms with Crippen molar-refractivity contribution in [2.45, 2.75) is 14.4 Å². The molecule has 2 heterocycles. The normalized spacial score (nSPS) is 10.7. The average Bonchev–Trinajstić information content (AvgIpc) is 3.78. The van der Waals surface area contributed by atoms with Crippen molar-refractivity contribution in [3.05, 3.63) is 206 Å². The number of hydrogen-bond donors (Lipinski definition) is 1. The van der Waals surface area contributed by atoms with Gasteiger partial charge in [-0.15, -0.1) is 0 Å². The Labute approximate surface area is 332 Å². The van der Waals surface area contributed by atoms with Gasteiger partial charge in [0.2, 0.25) is 5.91 Å². The fraction of sp³-hybridized carbons (Fsp3) is 0.0392. The second-order valence-corrected chi connectivity index (χ2v) is 13.5. The van der Waals surface area contributed by atoms with Gasteiger partial charge in [0.1, 0.15) is 0 Å².